The van der Waals surface area contributed by atoms with E-state index in [-0.39, 0.29) is 0 Å². The number of aromatic amines is 1. The molecule has 0 aromatic carbocycles. The first-order chi connectivity index (χ1) is 8.85. The first-order valence-electron chi connectivity index (χ1n) is 5.23. The van der Waals surface area contributed by atoms with Gasteiger partial charge in [0.25, 0.3) is 0 Å². The number of aromatic nitrogens is 5. The van der Waals surface area contributed by atoms with Crippen molar-refractivity contribution < 1.29 is 4.74 Å². The van der Waals surface area contributed by atoms with Gasteiger partial charge in [-0.1, -0.05) is 11.3 Å². The van der Waals surface area contributed by atoms with Gasteiger partial charge in [0.15, 0.2) is 5.65 Å². The van der Waals surface area contributed by atoms with E-state index in [9.17, 15) is 0 Å². The summed E-state index contributed by atoms with van der Waals surface area (Å²) in [6.07, 6.45) is 1.61. The zero-order valence-corrected chi connectivity index (χ0v) is 10.4. The minimum Gasteiger partial charge on any atom is -0.377 e. The van der Waals surface area contributed by atoms with Crippen molar-refractivity contribution in [1.82, 2.24) is 25.1 Å². The van der Waals surface area contributed by atoms with Crippen LogP contribution in [0.3, 0.4) is 0 Å². The van der Waals surface area contributed by atoms with E-state index in [1.807, 2.05) is 12.1 Å². The molecule has 0 aliphatic heterocycles. The van der Waals surface area contributed by atoms with Gasteiger partial charge in [0, 0.05) is 7.11 Å². The maximum Gasteiger partial charge on any atom is 0.211 e. The standard InChI is InChI=1S/C10H10N6OS/c1-17-4-8-15-16-10(18-8)14-7-3-2-6-9(13-7)12-5-11-6/h2-3,5H,4H2,1H3,(H2,11,12,13,14,16). The number of rotatable bonds is 4. The van der Waals surface area contributed by atoms with E-state index in [1.165, 1.54) is 11.3 Å². The van der Waals surface area contributed by atoms with Gasteiger partial charge in [0.2, 0.25) is 5.13 Å². The third-order valence-electron chi connectivity index (χ3n) is 2.25. The molecule has 0 atom stereocenters. The average Bonchev–Trinajstić information content (AvgIpc) is 2.98. The third-order valence-corrected chi connectivity index (χ3v) is 3.06. The van der Waals surface area contributed by atoms with Crippen LogP contribution in [0.25, 0.3) is 11.2 Å². The van der Waals surface area contributed by atoms with Crippen LogP contribution in [-0.4, -0.2) is 32.3 Å². The summed E-state index contributed by atoms with van der Waals surface area (Å²) in [5.74, 6) is 0.690. The number of H-pyrrole nitrogens is 1. The second kappa shape index (κ2) is 4.67. The van der Waals surface area contributed by atoms with Crippen LogP contribution in [0.4, 0.5) is 10.9 Å². The Labute approximate surface area is 106 Å². The highest BCUT2D eigenvalue weighted by molar-refractivity contribution is 7.15. The number of methoxy groups -OCH3 is 1. The van der Waals surface area contributed by atoms with Gasteiger partial charge in [-0.3, -0.25) is 0 Å². The molecule has 2 N–H and O–H groups in total. The molecule has 0 unspecified atom stereocenters. The highest BCUT2D eigenvalue weighted by atomic mass is 32.1. The summed E-state index contributed by atoms with van der Waals surface area (Å²) >= 11 is 1.43. The Bertz CT molecular complexity index is 663. The lowest BCUT2D eigenvalue weighted by molar-refractivity contribution is 0.184. The highest BCUT2D eigenvalue weighted by Gasteiger charge is 2.05. The van der Waals surface area contributed by atoms with Gasteiger partial charge in [-0.25, -0.2) is 9.97 Å². The maximum absolute atomic E-state index is 4.99. The van der Waals surface area contributed by atoms with E-state index in [1.54, 1.807) is 13.4 Å². The predicted octanol–water partition coefficient (Wildman–Crippen LogP) is 1.70. The van der Waals surface area contributed by atoms with Crippen molar-refractivity contribution in [3.05, 3.63) is 23.5 Å². The van der Waals surface area contributed by atoms with Crippen LogP contribution in [0.15, 0.2) is 18.5 Å². The van der Waals surface area contributed by atoms with Crippen LogP contribution in [0.2, 0.25) is 0 Å². The Balaban J connectivity index is 1.81. The van der Waals surface area contributed by atoms with Crippen LogP contribution < -0.4 is 5.32 Å². The first kappa shape index (κ1) is 11.1. The van der Waals surface area contributed by atoms with Crippen LogP contribution in [-0.2, 0) is 11.3 Å². The molecule has 3 aromatic rings. The number of ether oxygens (including phenoxy) is 1. The van der Waals surface area contributed by atoms with E-state index in [0.29, 0.717) is 23.2 Å². The van der Waals surface area contributed by atoms with Crippen molar-refractivity contribution in [1.29, 1.82) is 0 Å². The van der Waals surface area contributed by atoms with Crippen molar-refractivity contribution in [2.45, 2.75) is 6.61 Å². The van der Waals surface area contributed by atoms with E-state index < -0.39 is 0 Å². The Morgan fingerprint density at radius 2 is 2.33 bits per heavy atom. The van der Waals surface area contributed by atoms with Gasteiger partial charge >= 0.3 is 0 Å². The summed E-state index contributed by atoms with van der Waals surface area (Å²) in [4.78, 5) is 11.4. The highest BCUT2D eigenvalue weighted by Crippen LogP contribution is 2.20. The van der Waals surface area contributed by atoms with Gasteiger partial charge in [0.05, 0.1) is 11.8 Å². The SMILES string of the molecule is COCc1nnc(Nc2ccc3[nH]cnc3n2)s1. The second-order valence-corrected chi connectivity index (χ2v) is 4.59. The van der Waals surface area contributed by atoms with Crippen molar-refractivity contribution >= 4 is 33.5 Å². The Hall–Kier alpha value is -2.06. The van der Waals surface area contributed by atoms with Crippen molar-refractivity contribution in [3.63, 3.8) is 0 Å². The lowest BCUT2D eigenvalue weighted by Gasteiger charge is -1.99. The molecule has 18 heavy (non-hydrogen) atoms. The fraction of sp³-hybridized carbons (Fsp3) is 0.200. The molecule has 0 aliphatic rings. The number of nitrogens with one attached hydrogen (secondary N) is 2. The number of imidazole rings is 1. The molecule has 3 rings (SSSR count). The van der Waals surface area contributed by atoms with Gasteiger partial charge in [0.1, 0.15) is 17.4 Å². The smallest absolute Gasteiger partial charge is 0.211 e. The summed E-state index contributed by atoms with van der Waals surface area (Å²) in [5.41, 5.74) is 1.57. The van der Waals surface area contributed by atoms with Gasteiger partial charge in [-0.05, 0) is 12.1 Å². The molecule has 0 aliphatic carbocycles. The van der Waals surface area contributed by atoms with E-state index >= 15 is 0 Å². The average molecular weight is 262 g/mol. The fourth-order valence-corrected chi connectivity index (χ4v) is 2.21. The predicted molar refractivity (Wildman–Crippen MR) is 67.8 cm³/mol. The third kappa shape index (κ3) is 2.15. The largest absolute Gasteiger partial charge is 0.377 e. The van der Waals surface area contributed by atoms with E-state index in [2.05, 4.69) is 30.5 Å². The molecule has 3 heterocycles. The van der Waals surface area contributed by atoms with E-state index in [0.717, 1.165) is 10.5 Å². The molecule has 0 saturated carbocycles. The molecule has 0 spiro atoms. The Morgan fingerprint density at radius 1 is 1.39 bits per heavy atom. The molecule has 92 valence electrons. The molecule has 8 heteroatoms. The first-order valence-corrected chi connectivity index (χ1v) is 6.05. The topological polar surface area (TPSA) is 88.6 Å². The van der Waals surface area contributed by atoms with Crippen molar-refractivity contribution in [3.8, 4) is 0 Å². The summed E-state index contributed by atoms with van der Waals surface area (Å²) < 4.78 is 4.99. The maximum atomic E-state index is 4.99. The number of anilines is 2. The summed E-state index contributed by atoms with van der Waals surface area (Å²) in [6.45, 7) is 0.463. The van der Waals surface area contributed by atoms with E-state index in [4.69, 9.17) is 4.74 Å². The van der Waals surface area contributed by atoms with Crippen molar-refractivity contribution in [2.24, 2.45) is 0 Å². The molecule has 0 saturated heterocycles. The number of pyridine rings is 1. The number of nitrogens with zero attached hydrogens (tertiary/aromatic N) is 4. The molecule has 0 amide bonds. The minimum absolute atomic E-state index is 0.463. The number of hydrogen-bond acceptors (Lipinski definition) is 7. The molecule has 0 radical (unpaired) electrons. The van der Waals surface area contributed by atoms with Gasteiger partial charge in [-0.15, -0.1) is 10.2 Å². The number of hydrogen-bond donors (Lipinski definition) is 2. The van der Waals surface area contributed by atoms with Gasteiger partial charge in [-0.2, -0.15) is 0 Å². The molecule has 7 nitrogen and oxygen atoms in total. The van der Waals surface area contributed by atoms with Crippen LogP contribution in [0, 0.1) is 0 Å². The second-order valence-electron chi connectivity index (χ2n) is 3.53. The molecular weight excluding hydrogens is 252 g/mol. The monoisotopic (exact) mass is 262 g/mol. The lowest BCUT2D eigenvalue weighted by Crippen LogP contribution is -1.92. The number of fused-ring (bicyclic) bond motifs is 1. The van der Waals surface area contributed by atoms with Crippen LogP contribution in [0.1, 0.15) is 5.01 Å². The Morgan fingerprint density at radius 3 is 3.22 bits per heavy atom. The molecule has 0 bridgehead atoms. The molecule has 0 fully saturated rings. The van der Waals surface area contributed by atoms with Gasteiger partial charge < -0.3 is 15.0 Å². The van der Waals surface area contributed by atoms with Crippen LogP contribution in [0.5, 0.6) is 0 Å². The zero-order chi connectivity index (χ0) is 12.4. The quantitative estimate of drug-likeness (QED) is 0.744. The van der Waals surface area contributed by atoms with Crippen molar-refractivity contribution in [2.75, 3.05) is 12.4 Å². The minimum atomic E-state index is 0.463. The fourth-order valence-electron chi connectivity index (χ4n) is 1.49. The lowest BCUT2D eigenvalue weighted by atomic mass is 10.4. The summed E-state index contributed by atoms with van der Waals surface area (Å²) in [5, 5.41) is 12.6. The summed E-state index contributed by atoms with van der Waals surface area (Å²) in [7, 11) is 1.63. The molecular formula is C10H10N6OS. The van der Waals surface area contributed by atoms with Crippen LogP contribution >= 0.6 is 11.3 Å². The zero-order valence-electron chi connectivity index (χ0n) is 9.54. The Kier molecular flexibility index (Phi) is 2.87. The summed E-state index contributed by atoms with van der Waals surface area (Å²) in [6, 6.07) is 3.77. The normalized spacial score (nSPS) is 10.9. The molecule has 3 aromatic heterocycles.